The number of urea groups is 1. The summed E-state index contributed by atoms with van der Waals surface area (Å²) in [6, 6.07) is 3.64. The van der Waals surface area contributed by atoms with E-state index in [1.165, 1.54) is 18.2 Å². The molecule has 1 aromatic carbocycles. The molecule has 0 bridgehead atoms. The highest BCUT2D eigenvalue weighted by Gasteiger charge is 2.13. The van der Waals surface area contributed by atoms with Crippen molar-refractivity contribution in [3.05, 3.63) is 33.3 Å². The number of nitro groups is 1. The normalized spacial score (nSPS) is 10.5. The van der Waals surface area contributed by atoms with E-state index in [1.807, 2.05) is 13.8 Å². The van der Waals surface area contributed by atoms with Crippen molar-refractivity contribution < 1.29 is 14.5 Å². The lowest BCUT2D eigenvalue weighted by molar-refractivity contribution is -0.384. The van der Waals surface area contributed by atoms with Crippen molar-refractivity contribution in [1.29, 1.82) is 0 Å². The van der Waals surface area contributed by atoms with E-state index < -0.39 is 11.0 Å². The van der Waals surface area contributed by atoms with Gasteiger partial charge in [0, 0.05) is 24.9 Å². The highest BCUT2D eigenvalue weighted by Crippen LogP contribution is 2.27. The number of ether oxygens (including phenoxy) is 1. The lowest BCUT2D eigenvalue weighted by Crippen LogP contribution is -2.30. The van der Waals surface area contributed by atoms with E-state index in [4.69, 9.17) is 16.3 Å². The molecule has 21 heavy (non-hydrogen) atoms. The van der Waals surface area contributed by atoms with Crippen molar-refractivity contribution in [2.75, 3.05) is 18.5 Å². The van der Waals surface area contributed by atoms with Crippen molar-refractivity contribution >= 4 is 29.0 Å². The van der Waals surface area contributed by atoms with Gasteiger partial charge in [-0.2, -0.15) is 0 Å². The molecular weight excluding hydrogens is 298 g/mol. The van der Waals surface area contributed by atoms with Crippen LogP contribution in [0, 0.1) is 10.1 Å². The van der Waals surface area contributed by atoms with Gasteiger partial charge in [-0.25, -0.2) is 4.79 Å². The molecule has 0 heterocycles. The molecule has 8 heteroatoms. The number of rotatable bonds is 7. The molecule has 0 unspecified atom stereocenters. The largest absolute Gasteiger partial charge is 0.379 e. The summed E-state index contributed by atoms with van der Waals surface area (Å²) in [6.07, 6.45) is 0.847. The standard InChI is InChI=1S/C13H18ClN3O4/c1-9(2)21-7-3-6-15-13(18)16-10-4-5-11(14)12(8-10)17(19)20/h4-5,8-9H,3,6-7H2,1-2H3,(H2,15,16,18). The number of carbonyl (C=O) groups excluding carboxylic acids is 1. The minimum Gasteiger partial charge on any atom is -0.379 e. The van der Waals surface area contributed by atoms with Gasteiger partial charge in [-0.3, -0.25) is 10.1 Å². The number of benzene rings is 1. The topological polar surface area (TPSA) is 93.5 Å². The van der Waals surface area contributed by atoms with Gasteiger partial charge < -0.3 is 15.4 Å². The van der Waals surface area contributed by atoms with Crippen molar-refractivity contribution in [2.45, 2.75) is 26.4 Å². The molecule has 0 radical (unpaired) electrons. The Morgan fingerprint density at radius 2 is 2.19 bits per heavy atom. The number of anilines is 1. The van der Waals surface area contributed by atoms with Crippen LogP contribution in [0.25, 0.3) is 0 Å². The van der Waals surface area contributed by atoms with E-state index in [2.05, 4.69) is 10.6 Å². The summed E-state index contributed by atoms with van der Waals surface area (Å²) in [7, 11) is 0. The Hall–Kier alpha value is -1.86. The number of hydrogen-bond donors (Lipinski definition) is 2. The molecule has 0 aliphatic carbocycles. The number of nitrogens with zero attached hydrogens (tertiary/aromatic N) is 1. The van der Waals surface area contributed by atoms with Crippen LogP contribution in [0.4, 0.5) is 16.2 Å². The Labute approximate surface area is 127 Å². The second-order valence-electron chi connectivity index (χ2n) is 4.58. The molecule has 7 nitrogen and oxygen atoms in total. The van der Waals surface area contributed by atoms with Gasteiger partial charge in [0.2, 0.25) is 0 Å². The molecule has 0 spiro atoms. The summed E-state index contributed by atoms with van der Waals surface area (Å²) in [4.78, 5) is 21.7. The Morgan fingerprint density at radius 1 is 1.48 bits per heavy atom. The molecule has 2 amide bonds. The maximum Gasteiger partial charge on any atom is 0.319 e. The van der Waals surface area contributed by atoms with Crippen LogP contribution < -0.4 is 10.6 Å². The van der Waals surface area contributed by atoms with Gasteiger partial charge in [0.25, 0.3) is 5.69 Å². The lowest BCUT2D eigenvalue weighted by atomic mass is 10.3. The van der Waals surface area contributed by atoms with Gasteiger partial charge in [0.15, 0.2) is 0 Å². The molecule has 116 valence electrons. The molecule has 0 saturated carbocycles. The van der Waals surface area contributed by atoms with E-state index >= 15 is 0 Å². The second-order valence-corrected chi connectivity index (χ2v) is 4.98. The van der Waals surface area contributed by atoms with Gasteiger partial charge in [-0.15, -0.1) is 0 Å². The van der Waals surface area contributed by atoms with Crippen LogP contribution in [0.2, 0.25) is 5.02 Å². The molecule has 0 saturated heterocycles. The van der Waals surface area contributed by atoms with Crippen LogP contribution in [0.15, 0.2) is 18.2 Å². The summed E-state index contributed by atoms with van der Waals surface area (Å²) in [5.74, 6) is 0. The van der Waals surface area contributed by atoms with Gasteiger partial charge in [0.1, 0.15) is 5.02 Å². The van der Waals surface area contributed by atoms with E-state index in [-0.39, 0.29) is 16.8 Å². The Bertz CT molecular complexity index is 508. The first-order valence-electron chi connectivity index (χ1n) is 6.50. The minimum atomic E-state index is -0.603. The average Bonchev–Trinajstić information content (AvgIpc) is 2.40. The lowest BCUT2D eigenvalue weighted by Gasteiger charge is -2.09. The van der Waals surface area contributed by atoms with Crippen molar-refractivity contribution in [1.82, 2.24) is 5.32 Å². The molecule has 0 aromatic heterocycles. The summed E-state index contributed by atoms with van der Waals surface area (Å²) in [5, 5.41) is 15.9. The van der Waals surface area contributed by atoms with Crippen LogP contribution in [-0.2, 0) is 4.74 Å². The maximum absolute atomic E-state index is 11.6. The van der Waals surface area contributed by atoms with Gasteiger partial charge in [-0.05, 0) is 32.4 Å². The van der Waals surface area contributed by atoms with Gasteiger partial charge >= 0.3 is 6.03 Å². The first kappa shape index (κ1) is 17.2. The van der Waals surface area contributed by atoms with Gasteiger partial charge in [-0.1, -0.05) is 11.6 Å². The van der Waals surface area contributed by atoms with Crippen LogP contribution in [0.1, 0.15) is 20.3 Å². The molecular formula is C13H18ClN3O4. The minimum absolute atomic E-state index is 0.0248. The Morgan fingerprint density at radius 3 is 2.81 bits per heavy atom. The van der Waals surface area contributed by atoms with Crippen LogP contribution in [-0.4, -0.2) is 30.2 Å². The van der Waals surface area contributed by atoms with E-state index in [1.54, 1.807) is 0 Å². The number of nitrogens with one attached hydrogen (secondary N) is 2. The SMILES string of the molecule is CC(C)OCCCNC(=O)Nc1ccc(Cl)c([N+](=O)[O-])c1. The fraction of sp³-hybridized carbons (Fsp3) is 0.462. The Balaban J connectivity index is 2.41. The highest BCUT2D eigenvalue weighted by molar-refractivity contribution is 6.32. The van der Waals surface area contributed by atoms with E-state index in [9.17, 15) is 14.9 Å². The number of carbonyl (C=O) groups is 1. The summed E-state index contributed by atoms with van der Waals surface area (Å²) >= 11 is 5.69. The van der Waals surface area contributed by atoms with Crippen molar-refractivity contribution in [3.63, 3.8) is 0 Å². The molecule has 0 aliphatic rings. The highest BCUT2D eigenvalue weighted by atomic mass is 35.5. The van der Waals surface area contributed by atoms with E-state index in [0.717, 1.165) is 0 Å². The first-order valence-corrected chi connectivity index (χ1v) is 6.88. The number of amides is 2. The summed E-state index contributed by atoms with van der Waals surface area (Å²) in [6.45, 7) is 4.89. The van der Waals surface area contributed by atoms with Gasteiger partial charge in [0.05, 0.1) is 11.0 Å². The molecule has 1 rings (SSSR count). The molecule has 1 aromatic rings. The number of nitro benzene ring substituents is 1. The van der Waals surface area contributed by atoms with Crippen molar-refractivity contribution in [3.8, 4) is 0 Å². The monoisotopic (exact) mass is 315 g/mol. The third kappa shape index (κ3) is 6.42. The smallest absolute Gasteiger partial charge is 0.319 e. The van der Waals surface area contributed by atoms with Crippen molar-refractivity contribution in [2.24, 2.45) is 0 Å². The predicted molar refractivity (Wildman–Crippen MR) is 80.8 cm³/mol. The Kier molecular flexibility index (Phi) is 6.90. The third-order valence-electron chi connectivity index (χ3n) is 2.46. The third-order valence-corrected chi connectivity index (χ3v) is 2.78. The number of halogens is 1. The van der Waals surface area contributed by atoms with Crippen LogP contribution >= 0.6 is 11.6 Å². The maximum atomic E-state index is 11.6. The molecule has 0 fully saturated rings. The zero-order chi connectivity index (χ0) is 15.8. The summed E-state index contributed by atoms with van der Waals surface area (Å²) < 4.78 is 5.34. The van der Waals surface area contributed by atoms with Crippen LogP contribution in [0.3, 0.4) is 0 Å². The van der Waals surface area contributed by atoms with E-state index in [0.29, 0.717) is 25.3 Å². The predicted octanol–water partition coefficient (Wildman–Crippen LogP) is 3.18. The zero-order valence-corrected chi connectivity index (χ0v) is 12.6. The fourth-order valence-electron chi connectivity index (χ4n) is 1.50. The number of hydrogen-bond acceptors (Lipinski definition) is 4. The first-order chi connectivity index (χ1) is 9.90. The molecule has 0 aliphatic heterocycles. The average molecular weight is 316 g/mol. The second kappa shape index (κ2) is 8.43. The zero-order valence-electron chi connectivity index (χ0n) is 11.9. The fourth-order valence-corrected chi connectivity index (χ4v) is 1.69. The van der Waals surface area contributed by atoms with Crippen LogP contribution in [0.5, 0.6) is 0 Å². The molecule has 2 N–H and O–H groups in total. The molecule has 0 atom stereocenters. The summed E-state index contributed by atoms with van der Waals surface area (Å²) in [5.41, 5.74) is 0.0573. The quantitative estimate of drug-likeness (QED) is 0.459.